The van der Waals surface area contributed by atoms with Crippen LogP contribution in [-0.4, -0.2) is 37.9 Å². The van der Waals surface area contributed by atoms with Crippen LogP contribution in [0.4, 0.5) is 0 Å². The van der Waals surface area contributed by atoms with Crippen LogP contribution >= 0.6 is 0 Å². The summed E-state index contributed by atoms with van der Waals surface area (Å²) in [6.07, 6.45) is 1.78. The summed E-state index contributed by atoms with van der Waals surface area (Å²) >= 11 is 0. The van der Waals surface area contributed by atoms with Crippen LogP contribution < -0.4 is 0 Å². The molecule has 5 nitrogen and oxygen atoms in total. The molecule has 0 saturated carbocycles. The van der Waals surface area contributed by atoms with Gasteiger partial charge in [0.15, 0.2) is 0 Å². The zero-order valence-electron chi connectivity index (χ0n) is 13.0. The predicted octanol–water partition coefficient (Wildman–Crippen LogP) is 2.07. The molecule has 0 aliphatic carbocycles. The molecule has 1 aliphatic heterocycles. The monoisotopic (exact) mass is 301 g/mol. The highest BCUT2D eigenvalue weighted by Gasteiger charge is 2.57. The first-order valence-corrected chi connectivity index (χ1v) is 6.94. The largest absolute Gasteiger partial charge is 0.468 e. The van der Waals surface area contributed by atoms with Crippen LogP contribution in [0.2, 0.25) is 0 Å². The third kappa shape index (κ3) is 2.43. The number of esters is 2. The van der Waals surface area contributed by atoms with E-state index in [-0.39, 0.29) is 12.5 Å². The van der Waals surface area contributed by atoms with E-state index < -0.39 is 17.4 Å². The molecule has 0 amide bonds. The Kier molecular flexibility index (Phi) is 4.45. The van der Waals surface area contributed by atoms with Gasteiger partial charge in [0.05, 0.1) is 26.0 Å². The van der Waals surface area contributed by atoms with Crippen molar-refractivity contribution in [1.82, 2.24) is 0 Å². The first-order chi connectivity index (χ1) is 10.5. The van der Waals surface area contributed by atoms with Gasteiger partial charge in [-0.25, -0.2) is 0 Å². The highest BCUT2D eigenvalue weighted by Crippen LogP contribution is 2.39. The highest BCUT2D eigenvalue weighted by atomic mass is 16.5. The van der Waals surface area contributed by atoms with Crippen molar-refractivity contribution in [2.75, 3.05) is 14.2 Å². The van der Waals surface area contributed by atoms with Gasteiger partial charge >= 0.3 is 11.9 Å². The third-order valence-corrected chi connectivity index (χ3v) is 3.88. The van der Waals surface area contributed by atoms with Crippen LogP contribution in [0.25, 0.3) is 0 Å². The van der Waals surface area contributed by atoms with Crippen molar-refractivity contribution in [1.29, 1.82) is 0 Å². The second-order valence-corrected chi connectivity index (χ2v) is 5.24. The van der Waals surface area contributed by atoms with Crippen LogP contribution in [-0.2, 0) is 19.1 Å². The molecular formula is C17H19NO4. The van der Waals surface area contributed by atoms with Gasteiger partial charge in [0.2, 0.25) is 5.41 Å². The molecule has 0 spiro atoms. The molecule has 22 heavy (non-hydrogen) atoms. The van der Waals surface area contributed by atoms with Crippen LogP contribution in [0, 0.1) is 12.3 Å². The minimum Gasteiger partial charge on any atom is -0.468 e. The molecule has 1 aromatic rings. The minimum absolute atomic E-state index is 0.166. The number of aliphatic imine (C=N–C) groups is 1. The fraction of sp³-hybridized carbons (Fsp3) is 0.353. The molecule has 0 radical (unpaired) electrons. The van der Waals surface area contributed by atoms with E-state index in [4.69, 9.17) is 9.47 Å². The zero-order chi connectivity index (χ0) is 16.3. The average molecular weight is 301 g/mol. The summed E-state index contributed by atoms with van der Waals surface area (Å²) < 4.78 is 9.75. The Labute approximate surface area is 129 Å². The Morgan fingerprint density at radius 1 is 1.23 bits per heavy atom. The van der Waals surface area contributed by atoms with Gasteiger partial charge in [-0.05, 0) is 12.5 Å². The summed E-state index contributed by atoms with van der Waals surface area (Å²) in [6, 6.07) is 7.13. The highest BCUT2D eigenvalue weighted by molar-refractivity contribution is 6.28. The van der Waals surface area contributed by atoms with E-state index in [1.54, 1.807) is 6.08 Å². The quantitative estimate of drug-likeness (QED) is 0.485. The van der Waals surface area contributed by atoms with E-state index in [9.17, 15) is 9.59 Å². The van der Waals surface area contributed by atoms with Gasteiger partial charge in [0.1, 0.15) is 0 Å². The Balaban J connectivity index is 2.62. The maximum atomic E-state index is 12.4. The maximum Gasteiger partial charge on any atom is 0.329 e. The zero-order valence-corrected chi connectivity index (χ0v) is 13.0. The van der Waals surface area contributed by atoms with Gasteiger partial charge in [-0.1, -0.05) is 35.9 Å². The van der Waals surface area contributed by atoms with E-state index in [0.717, 1.165) is 5.56 Å². The summed E-state index contributed by atoms with van der Waals surface area (Å²) in [6.45, 7) is 5.67. The molecule has 2 rings (SSSR count). The first-order valence-electron chi connectivity index (χ1n) is 6.94. The lowest BCUT2D eigenvalue weighted by Gasteiger charge is -2.25. The van der Waals surface area contributed by atoms with Crippen molar-refractivity contribution >= 4 is 17.7 Å². The Bertz CT molecular complexity index is 615. The minimum atomic E-state index is -1.54. The third-order valence-electron chi connectivity index (χ3n) is 3.88. The lowest BCUT2D eigenvalue weighted by Crippen LogP contribution is -2.46. The second kappa shape index (κ2) is 6.13. The molecule has 1 aromatic carbocycles. The van der Waals surface area contributed by atoms with Gasteiger partial charge in [-0.15, -0.1) is 6.58 Å². The average Bonchev–Trinajstić information content (AvgIpc) is 2.95. The summed E-state index contributed by atoms with van der Waals surface area (Å²) in [7, 11) is 2.50. The van der Waals surface area contributed by atoms with Crippen LogP contribution in [0.15, 0.2) is 41.9 Å². The lowest BCUT2D eigenvalue weighted by atomic mass is 9.77. The number of aryl methyl sites for hydroxylation is 1. The van der Waals surface area contributed by atoms with Crippen LogP contribution in [0.3, 0.4) is 0 Å². The van der Waals surface area contributed by atoms with E-state index in [0.29, 0.717) is 11.3 Å². The number of rotatable bonds is 4. The summed E-state index contributed by atoms with van der Waals surface area (Å²) in [5, 5.41) is 0. The van der Waals surface area contributed by atoms with E-state index in [1.807, 2.05) is 31.2 Å². The molecule has 1 unspecified atom stereocenters. The van der Waals surface area contributed by atoms with E-state index in [2.05, 4.69) is 11.6 Å². The summed E-state index contributed by atoms with van der Waals surface area (Å²) in [4.78, 5) is 29.3. The molecule has 116 valence electrons. The number of carbonyl (C=O) groups is 2. The fourth-order valence-electron chi connectivity index (χ4n) is 2.69. The number of ether oxygens (including phenoxy) is 2. The number of benzene rings is 1. The Morgan fingerprint density at radius 3 is 2.23 bits per heavy atom. The molecule has 0 N–H and O–H groups in total. The van der Waals surface area contributed by atoms with Crippen molar-refractivity contribution < 1.29 is 19.1 Å². The molecule has 0 aromatic heterocycles. The van der Waals surface area contributed by atoms with Crippen LogP contribution in [0.5, 0.6) is 0 Å². The van der Waals surface area contributed by atoms with Crippen molar-refractivity contribution in [2.45, 2.75) is 19.4 Å². The molecule has 1 heterocycles. The van der Waals surface area contributed by atoms with Gasteiger partial charge in [-0.3, -0.25) is 14.6 Å². The van der Waals surface area contributed by atoms with Gasteiger partial charge < -0.3 is 9.47 Å². The molecular weight excluding hydrogens is 282 g/mol. The second-order valence-electron chi connectivity index (χ2n) is 5.24. The first kappa shape index (κ1) is 15.9. The Morgan fingerprint density at radius 2 is 1.77 bits per heavy atom. The normalized spacial score (nSPS) is 19.2. The number of methoxy groups -OCH3 is 2. The fourth-order valence-corrected chi connectivity index (χ4v) is 2.69. The molecule has 0 bridgehead atoms. The topological polar surface area (TPSA) is 65.0 Å². The van der Waals surface area contributed by atoms with E-state index >= 15 is 0 Å². The standard InChI is InChI=1S/C17H19NO4/c1-5-13-10-17(15(19)21-3,16(20)22-4)14(18-13)12-8-6-11(2)7-9-12/h5-9,13H,1,10H2,2-4H3. The maximum absolute atomic E-state index is 12.4. The van der Waals surface area contributed by atoms with Crippen molar-refractivity contribution in [3.63, 3.8) is 0 Å². The van der Waals surface area contributed by atoms with Crippen LogP contribution in [0.1, 0.15) is 17.5 Å². The smallest absolute Gasteiger partial charge is 0.329 e. The molecule has 1 aliphatic rings. The van der Waals surface area contributed by atoms with Gasteiger partial charge in [0, 0.05) is 6.42 Å². The number of hydrogen-bond acceptors (Lipinski definition) is 5. The Hall–Kier alpha value is -2.43. The number of hydrogen-bond donors (Lipinski definition) is 0. The van der Waals surface area contributed by atoms with Crippen molar-refractivity contribution in [3.8, 4) is 0 Å². The molecule has 0 saturated heterocycles. The predicted molar refractivity (Wildman–Crippen MR) is 82.8 cm³/mol. The molecule has 0 fully saturated rings. The molecule has 1 atom stereocenters. The number of carbonyl (C=O) groups excluding carboxylic acids is 2. The summed E-state index contributed by atoms with van der Waals surface area (Å²) in [5.41, 5.74) is 0.601. The lowest BCUT2D eigenvalue weighted by molar-refractivity contribution is -0.163. The summed E-state index contributed by atoms with van der Waals surface area (Å²) in [5.74, 6) is -1.33. The van der Waals surface area contributed by atoms with Crippen molar-refractivity contribution in [2.24, 2.45) is 10.4 Å². The van der Waals surface area contributed by atoms with Crippen molar-refractivity contribution in [3.05, 3.63) is 48.0 Å². The van der Waals surface area contributed by atoms with E-state index in [1.165, 1.54) is 14.2 Å². The number of nitrogens with zero attached hydrogens (tertiary/aromatic N) is 1. The van der Waals surface area contributed by atoms with Gasteiger partial charge in [-0.2, -0.15) is 0 Å². The van der Waals surface area contributed by atoms with Gasteiger partial charge in [0.25, 0.3) is 0 Å². The molecule has 5 heteroatoms. The SMILES string of the molecule is C=CC1CC(C(=O)OC)(C(=O)OC)C(c2ccc(C)cc2)=N1.